The molecule has 1 aromatic carbocycles. The maximum Gasteiger partial charge on any atom is 0.109 e. The summed E-state index contributed by atoms with van der Waals surface area (Å²) in [4.78, 5) is 0. The first-order chi connectivity index (χ1) is 8.31. The maximum atomic E-state index is 9.83. The highest BCUT2D eigenvalue weighted by Crippen LogP contribution is 2.24. The second kappa shape index (κ2) is 6.15. The van der Waals surface area contributed by atoms with E-state index in [9.17, 15) is 5.11 Å². The smallest absolute Gasteiger partial charge is 0.109 e. The summed E-state index contributed by atoms with van der Waals surface area (Å²) >= 11 is 0. The van der Waals surface area contributed by atoms with E-state index in [-0.39, 0.29) is 12.2 Å². The lowest BCUT2D eigenvalue weighted by Gasteiger charge is -2.34. The first-order valence-electron chi connectivity index (χ1n) is 6.17. The molecule has 2 rings (SSSR count). The molecule has 1 aliphatic carbocycles. The molecule has 0 unspecified atom stereocenters. The van der Waals surface area contributed by atoms with Gasteiger partial charge in [-0.2, -0.15) is 0 Å². The number of hydrogen-bond donors (Lipinski definition) is 1. The van der Waals surface area contributed by atoms with Crippen LogP contribution in [0.15, 0.2) is 30.3 Å². The van der Waals surface area contributed by atoms with Gasteiger partial charge in [0.1, 0.15) is 6.10 Å². The van der Waals surface area contributed by atoms with Crippen LogP contribution in [0.4, 0.5) is 0 Å². The minimum absolute atomic E-state index is 0.00366. The van der Waals surface area contributed by atoms with Crippen molar-refractivity contribution >= 4 is 0 Å². The number of ether oxygens (including phenoxy) is 2. The second-order valence-corrected chi connectivity index (χ2v) is 4.53. The van der Waals surface area contributed by atoms with Gasteiger partial charge in [-0.15, -0.1) is 0 Å². The SMILES string of the molecule is CO[C@H]1[C@H](O)CCC[C@@H]1OCc1ccccc1. The van der Waals surface area contributed by atoms with E-state index in [1.54, 1.807) is 7.11 Å². The van der Waals surface area contributed by atoms with Crippen molar-refractivity contribution in [2.24, 2.45) is 0 Å². The Morgan fingerprint density at radius 2 is 2.00 bits per heavy atom. The lowest BCUT2D eigenvalue weighted by Crippen LogP contribution is -2.43. The highest BCUT2D eigenvalue weighted by Gasteiger charge is 2.32. The van der Waals surface area contributed by atoms with Crippen molar-refractivity contribution in [1.29, 1.82) is 0 Å². The Balaban J connectivity index is 1.89. The van der Waals surface area contributed by atoms with Gasteiger partial charge < -0.3 is 14.6 Å². The molecular weight excluding hydrogens is 216 g/mol. The molecule has 0 radical (unpaired) electrons. The highest BCUT2D eigenvalue weighted by molar-refractivity contribution is 5.13. The largest absolute Gasteiger partial charge is 0.390 e. The van der Waals surface area contributed by atoms with Crippen LogP contribution in [0, 0.1) is 0 Å². The van der Waals surface area contributed by atoms with E-state index in [1.165, 1.54) is 0 Å². The monoisotopic (exact) mass is 236 g/mol. The fourth-order valence-electron chi connectivity index (χ4n) is 2.37. The number of rotatable bonds is 4. The standard InChI is InChI=1S/C14H20O3/c1-16-14-12(15)8-5-9-13(14)17-10-11-6-3-2-4-7-11/h2-4,6-7,12-15H,5,8-10H2,1H3/t12-,13+,14+/m1/s1. The summed E-state index contributed by atoms with van der Waals surface area (Å²) in [5, 5.41) is 9.83. The summed E-state index contributed by atoms with van der Waals surface area (Å²) in [6, 6.07) is 10.1. The van der Waals surface area contributed by atoms with Gasteiger partial charge in [-0.05, 0) is 24.8 Å². The molecule has 3 atom stereocenters. The van der Waals surface area contributed by atoms with E-state index < -0.39 is 6.10 Å². The number of aliphatic hydroxyl groups is 1. The summed E-state index contributed by atoms with van der Waals surface area (Å²) in [6.45, 7) is 0.581. The second-order valence-electron chi connectivity index (χ2n) is 4.53. The van der Waals surface area contributed by atoms with Gasteiger partial charge in [0.2, 0.25) is 0 Å². The Bertz CT molecular complexity index is 325. The zero-order valence-corrected chi connectivity index (χ0v) is 10.2. The lowest BCUT2D eigenvalue weighted by molar-refractivity contribution is -0.133. The van der Waals surface area contributed by atoms with Crippen molar-refractivity contribution < 1.29 is 14.6 Å². The zero-order valence-electron chi connectivity index (χ0n) is 10.2. The number of hydrogen-bond acceptors (Lipinski definition) is 3. The first-order valence-corrected chi connectivity index (χ1v) is 6.17. The van der Waals surface area contributed by atoms with Crippen molar-refractivity contribution in [2.45, 2.75) is 44.2 Å². The Labute approximate surface area is 102 Å². The van der Waals surface area contributed by atoms with E-state index in [0.29, 0.717) is 6.61 Å². The number of benzene rings is 1. The van der Waals surface area contributed by atoms with Gasteiger partial charge in [0, 0.05) is 7.11 Å². The lowest BCUT2D eigenvalue weighted by atomic mass is 9.92. The molecule has 3 nitrogen and oxygen atoms in total. The van der Waals surface area contributed by atoms with Gasteiger partial charge in [0.05, 0.1) is 18.8 Å². The molecule has 0 aliphatic heterocycles. The van der Waals surface area contributed by atoms with Crippen LogP contribution in [-0.2, 0) is 16.1 Å². The summed E-state index contributed by atoms with van der Waals surface area (Å²) in [6.07, 6.45) is 2.19. The molecule has 0 spiro atoms. The van der Waals surface area contributed by atoms with Crippen LogP contribution >= 0.6 is 0 Å². The highest BCUT2D eigenvalue weighted by atomic mass is 16.5. The van der Waals surface area contributed by atoms with Crippen LogP contribution in [0.25, 0.3) is 0 Å². The van der Waals surface area contributed by atoms with Crippen molar-refractivity contribution in [1.82, 2.24) is 0 Å². The average molecular weight is 236 g/mol. The molecule has 0 aromatic heterocycles. The predicted molar refractivity (Wildman–Crippen MR) is 65.7 cm³/mol. The van der Waals surface area contributed by atoms with Crippen molar-refractivity contribution in [3.63, 3.8) is 0 Å². The summed E-state index contributed by atoms with van der Waals surface area (Å²) < 4.78 is 11.2. The van der Waals surface area contributed by atoms with Crippen LogP contribution in [0.3, 0.4) is 0 Å². The Morgan fingerprint density at radius 3 is 2.71 bits per heavy atom. The number of aliphatic hydroxyl groups excluding tert-OH is 1. The third-order valence-corrected chi connectivity index (χ3v) is 3.31. The molecule has 1 saturated carbocycles. The number of methoxy groups -OCH3 is 1. The third kappa shape index (κ3) is 3.28. The molecule has 3 heteroatoms. The molecule has 0 heterocycles. The van der Waals surface area contributed by atoms with Crippen LogP contribution in [0.1, 0.15) is 24.8 Å². The summed E-state index contributed by atoms with van der Waals surface area (Å²) in [5.41, 5.74) is 1.16. The van der Waals surface area contributed by atoms with Gasteiger partial charge >= 0.3 is 0 Å². The van der Waals surface area contributed by atoms with Crippen LogP contribution in [-0.4, -0.2) is 30.5 Å². The molecule has 0 saturated heterocycles. The molecule has 1 aliphatic rings. The molecule has 1 aromatic rings. The van der Waals surface area contributed by atoms with Crippen LogP contribution < -0.4 is 0 Å². The van der Waals surface area contributed by atoms with Gasteiger partial charge in [-0.1, -0.05) is 30.3 Å². The van der Waals surface area contributed by atoms with Gasteiger partial charge in [-0.3, -0.25) is 0 Å². The molecular formula is C14H20O3. The quantitative estimate of drug-likeness (QED) is 0.870. The van der Waals surface area contributed by atoms with E-state index in [1.807, 2.05) is 30.3 Å². The molecule has 1 fully saturated rings. The predicted octanol–water partition coefficient (Wildman–Crippen LogP) is 2.13. The fraction of sp³-hybridized carbons (Fsp3) is 0.571. The van der Waals surface area contributed by atoms with Crippen LogP contribution in [0.2, 0.25) is 0 Å². The van der Waals surface area contributed by atoms with Crippen molar-refractivity contribution in [3.8, 4) is 0 Å². The zero-order chi connectivity index (χ0) is 12.1. The maximum absolute atomic E-state index is 9.83. The van der Waals surface area contributed by atoms with Crippen molar-refractivity contribution in [3.05, 3.63) is 35.9 Å². The molecule has 1 N–H and O–H groups in total. The average Bonchev–Trinajstić information content (AvgIpc) is 2.37. The van der Waals surface area contributed by atoms with E-state index in [4.69, 9.17) is 9.47 Å². The van der Waals surface area contributed by atoms with Gasteiger partial charge in [0.25, 0.3) is 0 Å². The van der Waals surface area contributed by atoms with Crippen molar-refractivity contribution in [2.75, 3.05) is 7.11 Å². The van der Waals surface area contributed by atoms with Gasteiger partial charge in [-0.25, -0.2) is 0 Å². The minimum Gasteiger partial charge on any atom is -0.390 e. The van der Waals surface area contributed by atoms with E-state index >= 15 is 0 Å². The topological polar surface area (TPSA) is 38.7 Å². The Kier molecular flexibility index (Phi) is 4.54. The summed E-state index contributed by atoms with van der Waals surface area (Å²) in [5.74, 6) is 0. The molecule has 0 amide bonds. The minimum atomic E-state index is -0.394. The van der Waals surface area contributed by atoms with Gasteiger partial charge in [0.15, 0.2) is 0 Å². The molecule has 17 heavy (non-hydrogen) atoms. The molecule has 94 valence electrons. The van der Waals surface area contributed by atoms with E-state index in [0.717, 1.165) is 24.8 Å². The third-order valence-electron chi connectivity index (χ3n) is 3.31. The normalized spacial score (nSPS) is 29.2. The summed E-state index contributed by atoms with van der Waals surface area (Å²) in [7, 11) is 1.64. The fourth-order valence-corrected chi connectivity index (χ4v) is 2.37. The van der Waals surface area contributed by atoms with E-state index in [2.05, 4.69) is 0 Å². The Hall–Kier alpha value is -0.900. The first kappa shape index (κ1) is 12.6. The van der Waals surface area contributed by atoms with Crippen LogP contribution in [0.5, 0.6) is 0 Å². The molecule has 0 bridgehead atoms. The Morgan fingerprint density at radius 1 is 1.24 bits per heavy atom.